The molecule has 2 aromatic rings. The normalized spacial score (nSPS) is 17.0. The van der Waals surface area contributed by atoms with Crippen molar-refractivity contribution in [2.75, 3.05) is 5.43 Å². The van der Waals surface area contributed by atoms with Crippen LogP contribution in [-0.4, -0.2) is 15.9 Å². The average Bonchev–Trinajstić information content (AvgIpc) is 2.99. The highest BCUT2D eigenvalue weighted by Gasteiger charge is 2.17. The van der Waals surface area contributed by atoms with Crippen LogP contribution in [0.5, 0.6) is 0 Å². The maximum absolute atomic E-state index is 4.49. The predicted octanol–water partition coefficient (Wildman–Crippen LogP) is 3.61. The lowest BCUT2D eigenvalue weighted by Gasteiger charge is -2.09. The summed E-state index contributed by atoms with van der Waals surface area (Å²) in [5.74, 6) is 1.37. The Morgan fingerprint density at radius 1 is 1.26 bits per heavy atom. The first-order chi connectivity index (χ1) is 9.34. The molecule has 19 heavy (non-hydrogen) atoms. The maximum Gasteiger partial charge on any atom is 0.176 e. The van der Waals surface area contributed by atoms with Gasteiger partial charge in [-0.15, -0.1) is 5.10 Å². The quantitative estimate of drug-likeness (QED) is 0.672. The van der Waals surface area contributed by atoms with Gasteiger partial charge in [-0.05, 0) is 25.7 Å². The summed E-state index contributed by atoms with van der Waals surface area (Å²) >= 11 is 0. The summed E-state index contributed by atoms with van der Waals surface area (Å²) < 4.78 is 0. The number of aromatic nitrogens is 2. The Kier molecular flexibility index (Phi) is 3.40. The van der Waals surface area contributed by atoms with E-state index < -0.39 is 0 Å². The van der Waals surface area contributed by atoms with Crippen LogP contribution >= 0.6 is 0 Å². The Morgan fingerprint density at radius 3 is 2.89 bits per heavy atom. The maximum atomic E-state index is 4.49. The number of nitrogens with one attached hydrogen (secondary N) is 1. The molecule has 0 saturated heterocycles. The van der Waals surface area contributed by atoms with Gasteiger partial charge in [0.15, 0.2) is 5.82 Å². The second kappa shape index (κ2) is 5.34. The van der Waals surface area contributed by atoms with Crippen molar-refractivity contribution in [1.29, 1.82) is 0 Å². The Hall–Kier alpha value is -1.97. The summed E-state index contributed by atoms with van der Waals surface area (Å²) in [5.41, 5.74) is 4.25. The molecule has 1 N–H and O–H groups in total. The highest BCUT2D eigenvalue weighted by atomic mass is 15.3. The molecule has 98 valence electrons. The second-order valence-corrected chi connectivity index (χ2v) is 5.13. The van der Waals surface area contributed by atoms with Crippen molar-refractivity contribution in [2.45, 2.75) is 32.6 Å². The molecule has 1 fully saturated rings. The standard InChI is InChI=1S/C15H18N4/c1-11(12-6-2-3-7-12)17-19-15-14-9-5-4-8-13(14)10-16-18-15/h4-5,8-10,12H,2-3,6-7H2,1H3,(H,18,19)/b17-11+. The minimum atomic E-state index is 0.635. The van der Waals surface area contributed by atoms with Crippen LogP contribution in [0, 0.1) is 5.92 Å². The average molecular weight is 254 g/mol. The van der Waals surface area contributed by atoms with E-state index in [1.807, 2.05) is 24.3 Å². The van der Waals surface area contributed by atoms with Crippen LogP contribution in [0.4, 0.5) is 5.82 Å². The zero-order valence-corrected chi connectivity index (χ0v) is 11.1. The van der Waals surface area contributed by atoms with Gasteiger partial charge in [0.05, 0.1) is 6.20 Å². The van der Waals surface area contributed by atoms with Crippen molar-refractivity contribution in [3.63, 3.8) is 0 Å². The predicted molar refractivity (Wildman–Crippen MR) is 78.2 cm³/mol. The van der Waals surface area contributed by atoms with Crippen molar-refractivity contribution in [2.24, 2.45) is 11.0 Å². The minimum Gasteiger partial charge on any atom is -0.259 e. The molecule has 0 unspecified atom stereocenters. The van der Waals surface area contributed by atoms with E-state index in [9.17, 15) is 0 Å². The fraction of sp³-hybridized carbons (Fsp3) is 0.400. The van der Waals surface area contributed by atoms with E-state index in [-0.39, 0.29) is 0 Å². The fourth-order valence-electron chi connectivity index (χ4n) is 2.69. The van der Waals surface area contributed by atoms with Gasteiger partial charge in [-0.1, -0.05) is 37.1 Å². The third-order valence-electron chi connectivity index (χ3n) is 3.85. The smallest absolute Gasteiger partial charge is 0.176 e. The lowest BCUT2D eigenvalue weighted by atomic mass is 10.0. The number of hydrazone groups is 1. The topological polar surface area (TPSA) is 50.2 Å². The Labute approximate surface area is 112 Å². The first-order valence-electron chi connectivity index (χ1n) is 6.85. The molecule has 0 amide bonds. The summed E-state index contributed by atoms with van der Waals surface area (Å²) in [4.78, 5) is 0. The van der Waals surface area contributed by atoms with Crippen LogP contribution in [0.2, 0.25) is 0 Å². The number of benzene rings is 1. The van der Waals surface area contributed by atoms with E-state index in [0.29, 0.717) is 5.92 Å². The first-order valence-corrected chi connectivity index (χ1v) is 6.85. The highest BCUT2D eigenvalue weighted by molar-refractivity contribution is 5.92. The van der Waals surface area contributed by atoms with Gasteiger partial charge in [0.25, 0.3) is 0 Å². The number of hydrogen-bond donors (Lipinski definition) is 1. The van der Waals surface area contributed by atoms with Crippen molar-refractivity contribution in [3.05, 3.63) is 30.5 Å². The van der Waals surface area contributed by atoms with Crippen molar-refractivity contribution in [1.82, 2.24) is 10.2 Å². The number of hydrogen-bond acceptors (Lipinski definition) is 4. The van der Waals surface area contributed by atoms with E-state index in [4.69, 9.17) is 0 Å². The number of anilines is 1. The molecule has 0 atom stereocenters. The van der Waals surface area contributed by atoms with E-state index in [0.717, 1.165) is 16.6 Å². The molecule has 0 radical (unpaired) electrons. The zero-order chi connectivity index (χ0) is 13.1. The largest absolute Gasteiger partial charge is 0.259 e. The molecule has 1 aromatic heterocycles. The molecular weight excluding hydrogens is 236 g/mol. The molecule has 1 aliphatic carbocycles. The summed E-state index contributed by atoms with van der Waals surface area (Å²) in [5, 5.41) is 14.8. The van der Waals surface area contributed by atoms with Crippen molar-refractivity contribution >= 4 is 22.3 Å². The van der Waals surface area contributed by atoms with E-state index in [1.165, 1.54) is 31.4 Å². The van der Waals surface area contributed by atoms with Gasteiger partial charge in [-0.25, -0.2) is 0 Å². The number of rotatable bonds is 3. The van der Waals surface area contributed by atoms with Crippen molar-refractivity contribution < 1.29 is 0 Å². The molecule has 3 rings (SSSR count). The summed E-state index contributed by atoms with van der Waals surface area (Å²) in [6, 6.07) is 8.07. The molecule has 1 aromatic carbocycles. The van der Waals surface area contributed by atoms with Crippen LogP contribution in [0.25, 0.3) is 10.8 Å². The van der Waals surface area contributed by atoms with Crippen LogP contribution in [-0.2, 0) is 0 Å². The zero-order valence-electron chi connectivity index (χ0n) is 11.1. The van der Waals surface area contributed by atoms with Gasteiger partial charge in [-0.2, -0.15) is 10.2 Å². The number of fused-ring (bicyclic) bond motifs is 1. The van der Waals surface area contributed by atoms with E-state index >= 15 is 0 Å². The minimum absolute atomic E-state index is 0.635. The third-order valence-corrected chi connectivity index (χ3v) is 3.85. The van der Waals surface area contributed by atoms with Gasteiger partial charge in [0.1, 0.15) is 0 Å². The SMILES string of the molecule is C/C(=N\Nc1nncc2ccccc12)C1CCCC1. The molecule has 1 aliphatic rings. The molecule has 0 spiro atoms. The van der Waals surface area contributed by atoms with Crippen LogP contribution in [0.1, 0.15) is 32.6 Å². The van der Waals surface area contributed by atoms with Gasteiger partial charge in [0, 0.05) is 16.5 Å². The fourth-order valence-corrected chi connectivity index (χ4v) is 2.69. The number of nitrogens with zero attached hydrogens (tertiary/aromatic N) is 3. The Morgan fingerprint density at radius 2 is 2.05 bits per heavy atom. The lowest BCUT2D eigenvalue weighted by molar-refractivity contribution is 0.723. The lowest BCUT2D eigenvalue weighted by Crippen LogP contribution is -2.09. The molecule has 0 aliphatic heterocycles. The van der Waals surface area contributed by atoms with Gasteiger partial charge in [0.2, 0.25) is 0 Å². The first kappa shape index (κ1) is 12.1. The molecule has 4 nitrogen and oxygen atoms in total. The molecule has 1 saturated carbocycles. The van der Waals surface area contributed by atoms with Crippen molar-refractivity contribution in [3.8, 4) is 0 Å². The van der Waals surface area contributed by atoms with Crippen LogP contribution in [0.3, 0.4) is 0 Å². The van der Waals surface area contributed by atoms with Gasteiger partial charge in [-0.3, -0.25) is 5.43 Å². The summed E-state index contributed by atoms with van der Waals surface area (Å²) in [7, 11) is 0. The van der Waals surface area contributed by atoms with Crippen LogP contribution in [0.15, 0.2) is 35.6 Å². The second-order valence-electron chi connectivity index (χ2n) is 5.13. The van der Waals surface area contributed by atoms with Gasteiger partial charge < -0.3 is 0 Å². The molecular formula is C15H18N4. The van der Waals surface area contributed by atoms with E-state index in [2.05, 4.69) is 27.6 Å². The van der Waals surface area contributed by atoms with E-state index in [1.54, 1.807) is 6.20 Å². The summed E-state index contributed by atoms with van der Waals surface area (Å²) in [6.45, 7) is 2.10. The third kappa shape index (κ3) is 2.57. The summed E-state index contributed by atoms with van der Waals surface area (Å²) in [6.07, 6.45) is 6.95. The van der Waals surface area contributed by atoms with Crippen LogP contribution < -0.4 is 5.43 Å². The Bertz CT molecular complexity index is 595. The molecule has 4 heteroatoms. The molecule has 1 heterocycles. The monoisotopic (exact) mass is 254 g/mol. The molecule has 0 bridgehead atoms. The Balaban J connectivity index is 1.83. The van der Waals surface area contributed by atoms with Gasteiger partial charge >= 0.3 is 0 Å². The highest BCUT2D eigenvalue weighted by Crippen LogP contribution is 2.26.